The number of rotatable bonds is 5. The van der Waals surface area contributed by atoms with Crippen molar-refractivity contribution in [3.05, 3.63) is 53.1 Å². The van der Waals surface area contributed by atoms with Gasteiger partial charge in [0.15, 0.2) is 0 Å². The van der Waals surface area contributed by atoms with Crippen LogP contribution in [0.15, 0.2) is 40.9 Å². The minimum atomic E-state index is -0.147. The molecule has 6 heteroatoms. The van der Waals surface area contributed by atoms with E-state index in [-0.39, 0.29) is 12.2 Å². The number of ether oxygens (including phenoxy) is 1. The zero-order chi connectivity index (χ0) is 22.2. The first-order chi connectivity index (χ1) is 15.5. The monoisotopic (exact) mass is 433 g/mol. The zero-order valence-corrected chi connectivity index (χ0v) is 19.0. The minimum absolute atomic E-state index is 0.133. The molecule has 0 saturated carbocycles. The van der Waals surface area contributed by atoms with E-state index in [9.17, 15) is 5.11 Å². The Balaban J connectivity index is 1.40. The van der Waals surface area contributed by atoms with E-state index >= 15 is 0 Å². The topological polar surface area (TPSA) is 71.6 Å². The van der Waals surface area contributed by atoms with Crippen LogP contribution in [0.2, 0.25) is 0 Å². The third-order valence-corrected chi connectivity index (χ3v) is 6.63. The largest absolute Gasteiger partial charge is 0.491 e. The van der Waals surface area contributed by atoms with Crippen molar-refractivity contribution in [3.8, 4) is 28.6 Å². The predicted octanol–water partition coefficient (Wildman–Crippen LogP) is 4.94. The van der Waals surface area contributed by atoms with Crippen molar-refractivity contribution in [2.24, 2.45) is 0 Å². The summed E-state index contributed by atoms with van der Waals surface area (Å²) < 4.78 is 11.5. The third kappa shape index (κ3) is 4.05. The van der Waals surface area contributed by atoms with Gasteiger partial charge in [0.05, 0.1) is 12.2 Å². The van der Waals surface area contributed by atoms with Crippen LogP contribution in [0.5, 0.6) is 5.75 Å². The quantitative estimate of drug-likeness (QED) is 0.614. The summed E-state index contributed by atoms with van der Waals surface area (Å²) in [7, 11) is 0. The molecule has 0 amide bonds. The van der Waals surface area contributed by atoms with Crippen LogP contribution >= 0.6 is 0 Å². The van der Waals surface area contributed by atoms with Gasteiger partial charge >= 0.3 is 0 Å². The van der Waals surface area contributed by atoms with E-state index < -0.39 is 0 Å². The summed E-state index contributed by atoms with van der Waals surface area (Å²) in [5.41, 5.74) is 5.71. The highest BCUT2D eigenvalue weighted by Gasteiger charge is 2.32. The number of aliphatic hydroxyl groups excluding tert-OH is 1. The van der Waals surface area contributed by atoms with Gasteiger partial charge in [0.25, 0.3) is 5.89 Å². The van der Waals surface area contributed by atoms with Crippen molar-refractivity contribution in [1.29, 1.82) is 0 Å². The van der Waals surface area contributed by atoms with Gasteiger partial charge in [-0.1, -0.05) is 23.4 Å². The van der Waals surface area contributed by atoms with E-state index in [0.29, 0.717) is 17.8 Å². The Morgan fingerprint density at radius 2 is 1.94 bits per heavy atom. The first kappa shape index (κ1) is 21.2. The second-order valence-electron chi connectivity index (χ2n) is 9.26. The van der Waals surface area contributed by atoms with Crippen molar-refractivity contribution in [2.45, 2.75) is 64.7 Å². The summed E-state index contributed by atoms with van der Waals surface area (Å²) in [6.07, 6.45) is 3.82. The van der Waals surface area contributed by atoms with Crippen molar-refractivity contribution in [2.75, 3.05) is 13.1 Å². The van der Waals surface area contributed by atoms with Crippen LogP contribution in [-0.4, -0.2) is 45.4 Å². The fourth-order valence-electron chi connectivity index (χ4n) is 5.04. The molecule has 32 heavy (non-hydrogen) atoms. The first-order valence-electron chi connectivity index (χ1n) is 11.6. The Kier molecular flexibility index (Phi) is 5.74. The van der Waals surface area contributed by atoms with Crippen LogP contribution in [0.1, 0.15) is 55.8 Å². The van der Waals surface area contributed by atoms with Gasteiger partial charge in [0.2, 0.25) is 5.82 Å². The molecule has 1 saturated heterocycles. The molecule has 3 aromatic rings. The van der Waals surface area contributed by atoms with E-state index in [0.717, 1.165) is 61.2 Å². The highest BCUT2D eigenvalue weighted by atomic mass is 16.5. The maximum Gasteiger partial charge on any atom is 0.258 e. The Bertz CT molecular complexity index is 1100. The summed E-state index contributed by atoms with van der Waals surface area (Å²) in [5, 5.41) is 14.2. The van der Waals surface area contributed by atoms with E-state index in [1.165, 1.54) is 11.1 Å². The molecule has 2 aliphatic rings. The highest BCUT2D eigenvalue weighted by molar-refractivity contribution is 5.66. The average molecular weight is 434 g/mol. The number of fused-ring (bicyclic) bond motifs is 1. The zero-order valence-electron chi connectivity index (χ0n) is 19.0. The Morgan fingerprint density at radius 3 is 2.69 bits per heavy atom. The number of aryl methyl sites for hydroxylation is 1. The van der Waals surface area contributed by atoms with Crippen LogP contribution in [0.3, 0.4) is 0 Å². The molecule has 1 atom stereocenters. The second-order valence-corrected chi connectivity index (χ2v) is 9.26. The van der Waals surface area contributed by atoms with Crippen molar-refractivity contribution in [3.63, 3.8) is 0 Å². The van der Waals surface area contributed by atoms with Gasteiger partial charge in [-0.2, -0.15) is 4.98 Å². The van der Waals surface area contributed by atoms with Gasteiger partial charge in [-0.15, -0.1) is 0 Å². The Labute approximate surface area is 189 Å². The average Bonchev–Trinajstić information content (AvgIpc) is 3.43. The number of nitrogens with zero attached hydrogens (tertiary/aromatic N) is 3. The van der Waals surface area contributed by atoms with Gasteiger partial charge < -0.3 is 14.4 Å². The fourth-order valence-corrected chi connectivity index (χ4v) is 5.04. The van der Waals surface area contributed by atoms with E-state index in [1.54, 1.807) is 0 Å². The molecule has 2 heterocycles. The summed E-state index contributed by atoms with van der Waals surface area (Å²) in [4.78, 5) is 7.26. The van der Waals surface area contributed by atoms with E-state index in [1.807, 2.05) is 39.0 Å². The molecule has 1 aromatic heterocycles. The lowest BCUT2D eigenvalue weighted by Crippen LogP contribution is -2.37. The van der Waals surface area contributed by atoms with Gasteiger partial charge in [-0.25, -0.2) is 0 Å². The molecule has 1 fully saturated rings. The smallest absolute Gasteiger partial charge is 0.258 e. The number of aliphatic hydroxyl groups is 1. The molecular weight excluding hydrogens is 402 g/mol. The normalized spacial score (nSPS) is 19.5. The Morgan fingerprint density at radius 1 is 1.12 bits per heavy atom. The van der Waals surface area contributed by atoms with E-state index in [4.69, 9.17) is 14.2 Å². The highest BCUT2D eigenvalue weighted by Crippen LogP contribution is 2.41. The molecule has 6 nitrogen and oxygen atoms in total. The standard InChI is InChI=1S/C26H31N3O3/c1-16(2)31-24-10-7-18(15-17(24)3)26-27-25(28-32-26)22-6-4-5-21-20(22)8-9-23(21)29-13-11-19(30)12-14-29/h4-7,10,15-16,19,23,30H,8-9,11-14H2,1-3H3. The van der Waals surface area contributed by atoms with Gasteiger partial charge in [0, 0.05) is 30.3 Å². The molecule has 2 aromatic carbocycles. The van der Waals surface area contributed by atoms with Crippen LogP contribution in [-0.2, 0) is 6.42 Å². The van der Waals surface area contributed by atoms with Crippen molar-refractivity contribution in [1.82, 2.24) is 15.0 Å². The minimum Gasteiger partial charge on any atom is -0.491 e. The molecule has 1 unspecified atom stereocenters. The third-order valence-electron chi connectivity index (χ3n) is 6.63. The SMILES string of the molecule is Cc1cc(-c2nc(-c3cccc4c3CCC4N3CCC(O)CC3)no2)ccc1OC(C)C. The first-order valence-corrected chi connectivity index (χ1v) is 11.6. The number of likely N-dealkylation sites (tertiary alicyclic amines) is 1. The second kappa shape index (κ2) is 8.68. The van der Waals surface area contributed by atoms with Crippen LogP contribution < -0.4 is 4.74 Å². The molecule has 0 spiro atoms. The number of hydrogen-bond donors (Lipinski definition) is 1. The maximum atomic E-state index is 9.86. The number of piperidine rings is 1. The number of benzene rings is 2. The van der Waals surface area contributed by atoms with Crippen LogP contribution in [0, 0.1) is 6.92 Å². The van der Waals surface area contributed by atoms with Crippen molar-refractivity contribution >= 4 is 0 Å². The number of hydrogen-bond acceptors (Lipinski definition) is 6. The van der Waals surface area contributed by atoms with E-state index in [2.05, 4.69) is 28.3 Å². The lowest BCUT2D eigenvalue weighted by Gasteiger charge is -2.34. The summed E-state index contributed by atoms with van der Waals surface area (Å²) in [5.74, 6) is 2.05. The van der Waals surface area contributed by atoms with Crippen LogP contribution in [0.4, 0.5) is 0 Å². The molecule has 0 bridgehead atoms. The summed E-state index contributed by atoms with van der Waals surface area (Å²) in [6, 6.07) is 12.8. The van der Waals surface area contributed by atoms with Crippen LogP contribution in [0.25, 0.3) is 22.8 Å². The molecule has 1 N–H and O–H groups in total. The molecule has 5 rings (SSSR count). The van der Waals surface area contributed by atoms with Gasteiger partial charge in [-0.3, -0.25) is 4.90 Å². The summed E-state index contributed by atoms with van der Waals surface area (Å²) >= 11 is 0. The lowest BCUT2D eigenvalue weighted by atomic mass is 9.99. The molecule has 1 aliphatic heterocycles. The predicted molar refractivity (Wildman–Crippen MR) is 124 cm³/mol. The molecular formula is C26H31N3O3. The Hall–Kier alpha value is -2.70. The molecule has 168 valence electrons. The summed E-state index contributed by atoms with van der Waals surface area (Å²) in [6.45, 7) is 7.99. The maximum absolute atomic E-state index is 9.86. The van der Waals surface area contributed by atoms with Gasteiger partial charge in [0.1, 0.15) is 5.75 Å². The number of aromatic nitrogens is 2. The van der Waals surface area contributed by atoms with Crippen molar-refractivity contribution < 1.29 is 14.4 Å². The van der Waals surface area contributed by atoms with Gasteiger partial charge in [-0.05, 0) is 81.3 Å². The lowest BCUT2D eigenvalue weighted by molar-refractivity contribution is 0.0606. The molecule has 0 radical (unpaired) electrons. The fraction of sp³-hybridized carbons (Fsp3) is 0.462. The molecule has 1 aliphatic carbocycles.